The molecule has 2 aliphatic rings. The molecule has 1 spiro atoms. The fraction of sp³-hybridized carbons (Fsp3) is 0.400. The minimum atomic E-state index is -1.24. The van der Waals surface area contributed by atoms with Gasteiger partial charge < -0.3 is 5.11 Å². The number of aliphatic hydroxyl groups is 1. The van der Waals surface area contributed by atoms with Crippen LogP contribution in [0.15, 0.2) is 34.7 Å². The molecule has 0 amide bonds. The van der Waals surface area contributed by atoms with Crippen LogP contribution in [0.5, 0.6) is 0 Å². The van der Waals surface area contributed by atoms with Gasteiger partial charge >= 0.3 is 0 Å². The van der Waals surface area contributed by atoms with E-state index < -0.39 is 5.60 Å². The first-order chi connectivity index (χ1) is 8.47. The fourth-order valence-electron chi connectivity index (χ4n) is 2.96. The molecule has 0 bridgehead atoms. The number of carbonyl (C=O) groups is 1. The van der Waals surface area contributed by atoms with Crippen molar-refractivity contribution < 1.29 is 9.90 Å². The van der Waals surface area contributed by atoms with E-state index in [0.717, 1.165) is 23.3 Å². The molecule has 1 unspecified atom stereocenters. The Labute approximate surface area is 111 Å². The summed E-state index contributed by atoms with van der Waals surface area (Å²) in [6.07, 6.45) is 5.66. The first-order valence-corrected chi connectivity index (χ1v) is 7.06. The van der Waals surface area contributed by atoms with Gasteiger partial charge in [-0.25, -0.2) is 0 Å². The molecular formula is C15H16O2S. The molecule has 1 fully saturated rings. The molecule has 1 N–H and O–H groups in total. The second kappa shape index (κ2) is 3.65. The number of thiophene rings is 1. The summed E-state index contributed by atoms with van der Waals surface area (Å²) < 4.78 is 0. The Morgan fingerprint density at radius 3 is 2.72 bits per heavy atom. The van der Waals surface area contributed by atoms with E-state index >= 15 is 0 Å². The van der Waals surface area contributed by atoms with Gasteiger partial charge in [-0.15, -0.1) is 11.3 Å². The van der Waals surface area contributed by atoms with Gasteiger partial charge in [0.15, 0.2) is 5.78 Å². The summed E-state index contributed by atoms with van der Waals surface area (Å²) in [6.45, 7) is 3.69. The van der Waals surface area contributed by atoms with E-state index in [0.29, 0.717) is 5.57 Å². The summed E-state index contributed by atoms with van der Waals surface area (Å²) >= 11 is 1.60. The maximum absolute atomic E-state index is 12.4. The van der Waals surface area contributed by atoms with E-state index in [1.54, 1.807) is 18.3 Å². The van der Waals surface area contributed by atoms with Crippen LogP contribution in [-0.4, -0.2) is 16.5 Å². The molecule has 18 heavy (non-hydrogen) atoms. The van der Waals surface area contributed by atoms with Crippen LogP contribution in [0.25, 0.3) is 6.08 Å². The number of Topliss-reactive ketones (excluding diaryl/α,β-unsaturated/α-hetero) is 1. The molecule has 1 aromatic heterocycles. The SMILES string of the molecule is CC1=C/C(=C\c2cccs2)C(=O)C(C)(O)C12CC2. The van der Waals surface area contributed by atoms with Crippen molar-refractivity contribution in [3.05, 3.63) is 39.6 Å². The Kier molecular flexibility index (Phi) is 2.41. The van der Waals surface area contributed by atoms with Gasteiger partial charge in [-0.1, -0.05) is 17.7 Å². The van der Waals surface area contributed by atoms with Crippen LogP contribution in [-0.2, 0) is 4.79 Å². The van der Waals surface area contributed by atoms with Gasteiger partial charge in [0.1, 0.15) is 5.60 Å². The first-order valence-electron chi connectivity index (χ1n) is 6.18. The highest BCUT2D eigenvalue weighted by Gasteiger charge is 2.62. The van der Waals surface area contributed by atoms with Crippen LogP contribution in [0, 0.1) is 5.41 Å². The number of carbonyl (C=O) groups excluding carboxylic acids is 1. The normalized spacial score (nSPS) is 31.8. The predicted molar refractivity (Wildman–Crippen MR) is 73.4 cm³/mol. The molecule has 3 rings (SSSR count). The molecule has 0 saturated heterocycles. The summed E-state index contributed by atoms with van der Waals surface area (Å²) in [6, 6.07) is 3.94. The summed E-state index contributed by atoms with van der Waals surface area (Å²) in [7, 11) is 0. The minimum Gasteiger partial charge on any atom is -0.381 e. The van der Waals surface area contributed by atoms with Gasteiger partial charge in [0, 0.05) is 15.9 Å². The van der Waals surface area contributed by atoms with Gasteiger partial charge in [0.05, 0.1) is 0 Å². The molecule has 1 atom stereocenters. The van der Waals surface area contributed by atoms with Gasteiger partial charge in [-0.05, 0) is 44.2 Å². The molecule has 1 saturated carbocycles. The second-order valence-corrected chi connectivity index (χ2v) is 6.41. The highest BCUT2D eigenvalue weighted by molar-refractivity contribution is 7.10. The highest BCUT2D eigenvalue weighted by atomic mass is 32.1. The van der Waals surface area contributed by atoms with Crippen LogP contribution >= 0.6 is 11.3 Å². The number of hydrogen-bond donors (Lipinski definition) is 1. The largest absolute Gasteiger partial charge is 0.381 e. The molecule has 1 heterocycles. The van der Waals surface area contributed by atoms with Gasteiger partial charge in [0.25, 0.3) is 0 Å². The monoisotopic (exact) mass is 260 g/mol. The first kappa shape index (κ1) is 11.9. The lowest BCUT2D eigenvalue weighted by Crippen LogP contribution is -2.48. The van der Waals surface area contributed by atoms with Crippen molar-refractivity contribution in [1.82, 2.24) is 0 Å². The van der Waals surface area contributed by atoms with Crippen molar-refractivity contribution in [2.24, 2.45) is 5.41 Å². The molecule has 0 aliphatic heterocycles. The maximum atomic E-state index is 12.4. The second-order valence-electron chi connectivity index (χ2n) is 5.43. The zero-order valence-corrected chi connectivity index (χ0v) is 11.4. The molecule has 2 aliphatic carbocycles. The molecule has 0 aromatic carbocycles. The Morgan fingerprint density at radius 1 is 1.44 bits per heavy atom. The number of ketones is 1. The third-order valence-corrected chi connectivity index (χ3v) is 5.17. The minimum absolute atomic E-state index is 0.140. The van der Waals surface area contributed by atoms with Crippen LogP contribution in [0.1, 0.15) is 31.6 Å². The number of hydrogen-bond acceptors (Lipinski definition) is 3. The highest BCUT2D eigenvalue weighted by Crippen LogP contribution is 2.62. The third-order valence-electron chi connectivity index (χ3n) is 4.35. The third kappa shape index (κ3) is 1.47. The van der Waals surface area contributed by atoms with Crippen LogP contribution < -0.4 is 0 Å². The Morgan fingerprint density at radius 2 is 2.17 bits per heavy atom. The predicted octanol–water partition coefficient (Wildman–Crippen LogP) is 3.19. The lowest BCUT2D eigenvalue weighted by atomic mass is 9.70. The van der Waals surface area contributed by atoms with E-state index in [1.165, 1.54) is 0 Å². The van der Waals surface area contributed by atoms with E-state index in [2.05, 4.69) is 0 Å². The molecule has 3 heteroatoms. The van der Waals surface area contributed by atoms with E-state index in [-0.39, 0.29) is 11.2 Å². The zero-order chi connectivity index (χ0) is 13.0. The average Bonchev–Trinajstić information content (AvgIpc) is 3.00. The summed E-state index contributed by atoms with van der Waals surface area (Å²) in [5, 5.41) is 12.6. The standard InChI is InChI=1S/C15H16O2S/c1-10-8-11(9-12-4-3-7-18-12)13(16)14(2,17)15(10)5-6-15/h3-4,7-9,17H,5-6H2,1-2H3/b11-9+. The van der Waals surface area contributed by atoms with Crippen LogP contribution in [0.2, 0.25) is 0 Å². The van der Waals surface area contributed by atoms with E-state index in [1.807, 2.05) is 36.6 Å². The van der Waals surface area contributed by atoms with E-state index in [4.69, 9.17) is 0 Å². The lowest BCUT2D eigenvalue weighted by molar-refractivity contribution is -0.137. The quantitative estimate of drug-likeness (QED) is 0.787. The van der Waals surface area contributed by atoms with Crippen molar-refractivity contribution in [3.63, 3.8) is 0 Å². The van der Waals surface area contributed by atoms with Crippen LogP contribution in [0.3, 0.4) is 0 Å². The van der Waals surface area contributed by atoms with Gasteiger partial charge in [0.2, 0.25) is 0 Å². The van der Waals surface area contributed by atoms with Crippen molar-refractivity contribution in [3.8, 4) is 0 Å². The van der Waals surface area contributed by atoms with E-state index in [9.17, 15) is 9.90 Å². The topological polar surface area (TPSA) is 37.3 Å². The number of allylic oxidation sites excluding steroid dienone is 1. The lowest BCUT2D eigenvalue weighted by Gasteiger charge is -2.36. The van der Waals surface area contributed by atoms with Crippen molar-refractivity contribution in [1.29, 1.82) is 0 Å². The smallest absolute Gasteiger partial charge is 0.194 e. The summed E-state index contributed by atoms with van der Waals surface area (Å²) in [5.41, 5.74) is 0.235. The van der Waals surface area contributed by atoms with Crippen molar-refractivity contribution >= 4 is 23.2 Å². The Balaban J connectivity index is 2.08. The molecule has 1 aromatic rings. The van der Waals surface area contributed by atoms with Crippen molar-refractivity contribution in [2.45, 2.75) is 32.3 Å². The summed E-state index contributed by atoms with van der Waals surface area (Å²) in [5.74, 6) is -0.140. The maximum Gasteiger partial charge on any atom is 0.194 e. The Hall–Kier alpha value is -1.19. The van der Waals surface area contributed by atoms with Gasteiger partial charge in [-0.3, -0.25) is 4.79 Å². The van der Waals surface area contributed by atoms with Crippen LogP contribution in [0.4, 0.5) is 0 Å². The average molecular weight is 260 g/mol. The molecule has 2 nitrogen and oxygen atoms in total. The summed E-state index contributed by atoms with van der Waals surface area (Å²) in [4.78, 5) is 13.5. The number of rotatable bonds is 1. The molecule has 94 valence electrons. The fourth-order valence-corrected chi connectivity index (χ4v) is 3.63. The molecule has 0 radical (unpaired) electrons. The Bertz CT molecular complexity index is 557. The molecular weight excluding hydrogens is 244 g/mol. The zero-order valence-electron chi connectivity index (χ0n) is 10.6. The van der Waals surface area contributed by atoms with Crippen molar-refractivity contribution in [2.75, 3.05) is 0 Å². The van der Waals surface area contributed by atoms with Gasteiger partial charge in [-0.2, -0.15) is 0 Å².